The van der Waals surface area contributed by atoms with Crippen molar-refractivity contribution in [3.05, 3.63) is 23.8 Å². The molecule has 1 heterocycles. The molecule has 1 aliphatic heterocycles. The number of hydrogen-bond acceptors (Lipinski definition) is 7. The van der Waals surface area contributed by atoms with Crippen molar-refractivity contribution in [1.29, 1.82) is 0 Å². The fourth-order valence-electron chi connectivity index (χ4n) is 4.35. The van der Waals surface area contributed by atoms with Gasteiger partial charge in [-0.1, -0.05) is 0 Å². The summed E-state index contributed by atoms with van der Waals surface area (Å²) in [6, 6.07) is 5.56. The van der Waals surface area contributed by atoms with Gasteiger partial charge in [0.25, 0.3) is 5.91 Å². The topological polar surface area (TPSA) is 77.5 Å². The molecule has 0 radical (unpaired) electrons. The molecule has 8 nitrogen and oxygen atoms in total. The standard InChI is InChI=1S/C25H40N2O6/c1-7-32-24(28)16-20-10-11-21(17-26(20)4)27(18(2)3)25(29)19-9-12-22(31-6)23(15-19)33-14-8-13-30-5/h9,12,15,18,20-21H,7-8,10-11,13-14,16-17H2,1-6H3/t20-,21?/m0/s1. The zero-order valence-corrected chi connectivity index (χ0v) is 21.0. The minimum atomic E-state index is -0.166. The molecule has 1 fully saturated rings. The summed E-state index contributed by atoms with van der Waals surface area (Å²) in [5.74, 6) is 0.954. The number of likely N-dealkylation sites (N-methyl/N-ethyl adjacent to an activating group) is 1. The van der Waals surface area contributed by atoms with Crippen molar-refractivity contribution < 1.29 is 28.5 Å². The van der Waals surface area contributed by atoms with Crippen LogP contribution in [0.1, 0.15) is 56.8 Å². The van der Waals surface area contributed by atoms with E-state index in [0.29, 0.717) is 49.8 Å². The van der Waals surface area contributed by atoms with Crippen molar-refractivity contribution in [3.8, 4) is 11.5 Å². The van der Waals surface area contributed by atoms with E-state index in [9.17, 15) is 9.59 Å². The molecule has 2 rings (SSSR count). The second-order valence-electron chi connectivity index (χ2n) is 8.70. The molecule has 1 amide bonds. The summed E-state index contributed by atoms with van der Waals surface area (Å²) in [5.41, 5.74) is 0.572. The van der Waals surface area contributed by atoms with E-state index in [1.807, 2.05) is 32.7 Å². The van der Waals surface area contributed by atoms with Crippen LogP contribution in [-0.4, -0.2) is 87.4 Å². The van der Waals surface area contributed by atoms with Crippen LogP contribution in [0.15, 0.2) is 18.2 Å². The first-order valence-corrected chi connectivity index (χ1v) is 11.8. The molecule has 0 spiro atoms. The molecule has 1 unspecified atom stereocenters. The number of piperidine rings is 1. The normalized spacial score (nSPS) is 18.8. The van der Waals surface area contributed by atoms with E-state index in [-0.39, 0.29) is 30.0 Å². The van der Waals surface area contributed by atoms with Gasteiger partial charge in [0.05, 0.1) is 26.7 Å². The zero-order chi connectivity index (χ0) is 24.4. The van der Waals surface area contributed by atoms with Gasteiger partial charge in [-0.2, -0.15) is 0 Å². The molecule has 0 bridgehead atoms. The summed E-state index contributed by atoms with van der Waals surface area (Å²) in [4.78, 5) is 29.6. The monoisotopic (exact) mass is 464 g/mol. The molecule has 1 aliphatic rings. The molecule has 1 saturated heterocycles. The first-order chi connectivity index (χ1) is 15.8. The number of nitrogens with zero attached hydrogens (tertiary/aromatic N) is 2. The Morgan fingerprint density at radius 3 is 2.52 bits per heavy atom. The zero-order valence-electron chi connectivity index (χ0n) is 21.0. The third-order valence-corrected chi connectivity index (χ3v) is 6.01. The number of esters is 1. The van der Waals surface area contributed by atoms with E-state index in [4.69, 9.17) is 18.9 Å². The van der Waals surface area contributed by atoms with E-state index < -0.39 is 0 Å². The third kappa shape index (κ3) is 7.61. The number of benzene rings is 1. The maximum absolute atomic E-state index is 13.6. The summed E-state index contributed by atoms with van der Waals surface area (Å²) in [5, 5.41) is 0. The second-order valence-corrected chi connectivity index (χ2v) is 8.70. The van der Waals surface area contributed by atoms with Gasteiger partial charge in [-0.3, -0.25) is 9.59 Å². The maximum atomic E-state index is 13.6. The van der Waals surface area contributed by atoms with E-state index in [1.165, 1.54) is 0 Å². The molecule has 0 saturated carbocycles. The Hall–Kier alpha value is -2.32. The third-order valence-electron chi connectivity index (χ3n) is 6.01. The molecule has 0 aromatic heterocycles. The van der Waals surface area contributed by atoms with Crippen LogP contribution in [0.3, 0.4) is 0 Å². The number of amides is 1. The van der Waals surface area contributed by atoms with E-state index in [2.05, 4.69) is 4.90 Å². The minimum Gasteiger partial charge on any atom is -0.493 e. The van der Waals surface area contributed by atoms with Crippen molar-refractivity contribution in [1.82, 2.24) is 9.80 Å². The van der Waals surface area contributed by atoms with E-state index >= 15 is 0 Å². The Balaban J connectivity index is 2.13. The van der Waals surface area contributed by atoms with Gasteiger partial charge in [-0.05, 0) is 58.9 Å². The Morgan fingerprint density at radius 2 is 1.91 bits per heavy atom. The molecule has 2 atom stereocenters. The van der Waals surface area contributed by atoms with Gasteiger partial charge in [0.15, 0.2) is 11.5 Å². The van der Waals surface area contributed by atoms with Gasteiger partial charge >= 0.3 is 5.97 Å². The number of likely N-dealkylation sites (tertiary alicyclic amines) is 1. The van der Waals surface area contributed by atoms with Crippen molar-refractivity contribution in [3.63, 3.8) is 0 Å². The Labute approximate surface area is 198 Å². The Bertz CT molecular complexity index is 769. The average molecular weight is 465 g/mol. The molecule has 0 N–H and O–H groups in total. The van der Waals surface area contributed by atoms with E-state index in [1.54, 1.807) is 32.4 Å². The van der Waals surface area contributed by atoms with Crippen LogP contribution >= 0.6 is 0 Å². The highest BCUT2D eigenvalue weighted by Crippen LogP contribution is 2.30. The smallest absolute Gasteiger partial charge is 0.307 e. The Kier molecular flexibility index (Phi) is 10.9. The number of methoxy groups -OCH3 is 2. The summed E-state index contributed by atoms with van der Waals surface area (Å²) in [7, 11) is 5.25. The Morgan fingerprint density at radius 1 is 1.15 bits per heavy atom. The molecule has 186 valence electrons. The molecule has 1 aromatic carbocycles. The first-order valence-electron chi connectivity index (χ1n) is 11.8. The molecule has 8 heteroatoms. The van der Waals surface area contributed by atoms with Crippen LogP contribution < -0.4 is 9.47 Å². The van der Waals surface area contributed by atoms with Crippen molar-refractivity contribution >= 4 is 11.9 Å². The number of hydrogen-bond donors (Lipinski definition) is 0. The minimum absolute atomic E-state index is 0.0309. The summed E-state index contributed by atoms with van der Waals surface area (Å²) in [6.45, 7) is 8.08. The predicted molar refractivity (Wildman–Crippen MR) is 127 cm³/mol. The van der Waals surface area contributed by atoms with Crippen LogP contribution in [-0.2, 0) is 14.3 Å². The lowest BCUT2D eigenvalue weighted by molar-refractivity contribution is -0.145. The quantitative estimate of drug-likeness (QED) is 0.347. The lowest BCUT2D eigenvalue weighted by atomic mass is 9.94. The lowest BCUT2D eigenvalue weighted by Crippen LogP contribution is -2.54. The number of carbonyl (C=O) groups excluding carboxylic acids is 2. The fraction of sp³-hybridized carbons (Fsp3) is 0.680. The first kappa shape index (κ1) is 26.9. The van der Waals surface area contributed by atoms with Gasteiger partial charge in [-0.25, -0.2) is 0 Å². The van der Waals surface area contributed by atoms with E-state index in [0.717, 1.165) is 19.3 Å². The van der Waals surface area contributed by atoms with Crippen molar-refractivity contribution in [2.45, 2.75) is 64.6 Å². The molecular weight excluding hydrogens is 424 g/mol. The van der Waals surface area contributed by atoms with Crippen LogP contribution in [0, 0.1) is 0 Å². The summed E-state index contributed by atoms with van der Waals surface area (Å²) < 4.78 is 21.5. The van der Waals surface area contributed by atoms with Crippen LogP contribution in [0.5, 0.6) is 11.5 Å². The largest absolute Gasteiger partial charge is 0.493 e. The molecular formula is C25H40N2O6. The van der Waals surface area contributed by atoms with Crippen LogP contribution in [0.25, 0.3) is 0 Å². The van der Waals surface area contributed by atoms with Gasteiger partial charge in [0.2, 0.25) is 0 Å². The lowest BCUT2D eigenvalue weighted by Gasteiger charge is -2.43. The highest BCUT2D eigenvalue weighted by atomic mass is 16.5. The highest BCUT2D eigenvalue weighted by Gasteiger charge is 2.34. The van der Waals surface area contributed by atoms with Gasteiger partial charge in [0, 0.05) is 50.4 Å². The fourth-order valence-corrected chi connectivity index (χ4v) is 4.35. The van der Waals surface area contributed by atoms with Gasteiger partial charge in [-0.15, -0.1) is 0 Å². The van der Waals surface area contributed by atoms with Gasteiger partial charge < -0.3 is 28.7 Å². The number of carbonyl (C=O) groups is 2. The van der Waals surface area contributed by atoms with Crippen molar-refractivity contribution in [2.75, 3.05) is 47.6 Å². The van der Waals surface area contributed by atoms with Crippen LogP contribution in [0.4, 0.5) is 0 Å². The van der Waals surface area contributed by atoms with Gasteiger partial charge in [0.1, 0.15) is 0 Å². The molecule has 0 aliphatic carbocycles. The second kappa shape index (κ2) is 13.4. The number of ether oxygens (including phenoxy) is 4. The summed E-state index contributed by atoms with van der Waals surface area (Å²) in [6.07, 6.45) is 2.81. The van der Waals surface area contributed by atoms with Crippen molar-refractivity contribution in [2.24, 2.45) is 0 Å². The summed E-state index contributed by atoms with van der Waals surface area (Å²) >= 11 is 0. The molecule has 33 heavy (non-hydrogen) atoms. The average Bonchev–Trinajstić information content (AvgIpc) is 2.78. The van der Waals surface area contributed by atoms with Crippen LogP contribution in [0.2, 0.25) is 0 Å². The highest BCUT2D eigenvalue weighted by molar-refractivity contribution is 5.95. The number of rotatable bonds is 12. The maximum Gasteiger partial charge on any atom is 0.307 e. The predicted octanol–water partition coefficient (Wildman–Crippen LogP) is 3.38. The molecule has 1 aromatic rings. The SMILES string of the molecule is CCOC(=O)C[C@@H]1CCC(N(C(=O)c2ccc(OC)c(OCCCOC)c2)C(C)C)CN1C.